The molecule has 0 bridgehead atoms. The van der Waals surface area contributed by atoms with E-state index in [0.717, 1.165) is 31.9 Å². The van der Waals surface area contributed by atoms with E-state index in [4.69, 9.17) is 5.73 Å². The highest BCUT2D eigenvalue weighted by atomic mass is 15.2. The van der Waals surface area contributed by atoms with Gasteiger partial charge in [0.1, 0.15) is 5.82 Å². The van der Waals surface area contributed by atoms with Gasteiger partial charge in [-0.25, -0.2) is 4.98 Å². The number of nitrogens with two attached hydrogens (primary N) is 1. The summed E-state index contributed by atoms with van der Waals surface area (Å²) < 4.78 is 0. The standard InChI is InChI=1S/C13H25N5/c1-11(2)9-18(6-5-17(3)4)10-12-7-16-13(14)8-15-12/h7-8,11H,5-6,9-10H2,1-4H3,(H2,14,16). The topological polar surface area (TPSA) is 58.3 Å². The van der Waals surface area contributed by atoms with Crippen molar-refractivity contribution in [1.29, 1.82) is 0 Å². The van der Waals surface area contributed by atoms with E-state index in [1.807, 2.05) is 0 Å². The maximum atomic E-state index is 5.54. The van der Waals surface area contributed by atoms with Crippen molar-refractivity contribution in [3.63, 3.8) is 0 Å². The predicted octanol–water partition coefficient (Wildman–Crippen LogP) is 1.08. The molecule has 0 saturated heterocycles. The zero-order valence-electron chi connectivity index (χ0n) is 11.9. The van der Waals surface area contributed by atoms with Gasteiger partial charge in [-0.15, -0.1) is 0 Å². The summed E-state index contributed by atoms with van der Waals surface area (Å²) >= 11 is 0. The van der Waals surface area contributed by atoms with E-state index >= 15 is 0 Å². The minimum absolute atomic E-state index is 0.474. The molecule has 18 heavy (non-hydrogen) atoms. The average molecular weight is 251 g/mol. The lowest BCUT2D eigenvalue weighted by atomic mass is 10.2. The third-order valence-corrected chi connectivity index (χ3v) is 2.60. The summed E-state index contributed by atoms with van der Waals surface area (Å²) in [6, 6.07) is 0. The molecule has 0 fully saturated rings. The fourth-order valence-electron chi connectivity index (χ4n) is 1.77. The van der Waals surface area contributed by atoms with Crippen LogP contribution in [0.4, 0.5) is 5.82 Å². The number of anilines is 1. The van der Waals surface area contributed by atoms with Crippen molar-refractivity contribution in [2.24, 2.45) is 5.92 Å². The smallest absolute Gasteiger partial charge is 0.141 e. The van der Waals surface area contributed by atoms with Gasteiger partial charge in [0.25, 0.3) is 0 Å². The number of rotatable bonds is 7. The summed E-state index contributed by atoms with van der Waals surface area (Å²) in [6.45, 7) is 8.46. The molecule has 5 heteroatoms. The zero-order valence-corrected chi connectivity index (χ0v) is 11.9. The molecule has 0 aliphatic carbocycles. The molecule has 0 unspecified atom stereocenters. The van der Waals surface area contributed by atoms with Gasteiger partial charge in [-0.1, -0.05) is 13.8 Å². The van der Waals surface area contributed by atoms with E-state index < -0.39 is 0 Å². The van der Waals surface area contributed by atoms with Crippen LogP contribution in [0.25, 0.3) is 0 Å². The molecule has 0 saturated carbocycles. The largest absolute Gasteiger partial charge is 0.382 e. The molecule has 0 aliphatic heterocycles. The molecule has 0 spiro atoms. The third kappa shape index (κ3) is 5.93. The quantitative estimate of drug-likeness (QED) is 0.786. The van der Waals surface area contributed by atoms with E-state index in [9.17, 15) is 0 Å². The zero-order chi connectivity index (χ0) is 13.5. The Morgan fingerprint density at radius 2 is 1.89 bits per heavy atom. The minimum atomic E-state index is 0.474. The van der Waals surface area contributed by atoms with Crippen LogP contribution in [-0.4, -0.2) is 53.5 Å². The van der Waals surface area contributed by atoms with Crippen molar-refractivity contribution in [1.82, 2.24) is 19.8 Å². The summed E-state index contributed by atoms with van der Waals surface area (Å²) in [5.74, 6) is 1.12. The fourth-order valence-corrected chi connectivity index (χ4v) is 1.77. The van der Waals surface area contributed by atoms with Gasteiger partial charge >= 0.3 is 0 Å². The van der Waals surface area contributed by atoms with Gasteiger partial charge < -0.3 is 10.6 Å². The number of nitrogen functional groups attached to an aromatic ring is 1. The van der Waals surface area contributed by atoms with E-state index in [1.165, 1.54) is 0 Å². The van der Waals surface area contributed by atoms with Gasteiger partial charge in [-0.05, 0) is 20.0 Å². The highest BCUT2D eigenvalue weighted by molar-refractivity contribution is 5.22. The maximum Gasteiger partial charge on any atom is 0.141 e. The first-order valence-corrected chi connectivity index (χ1v) is 6.41. The van der Waals surface area contributed by atoms with Gasteiger partial charge in [0.15, 0.2) is 0 Å². The van der Waals surface area contributed by atoms with E-state index in [0.29, 0.717) is 11.7 Å². The van der Waals surface area contributed by atoms with E-state index in [2.05, 4.69) is 47.7 Å². The first-order chi connectivity index (χ1) is 8.47. The molecule has 0 atom stereocenters. The number of hydrogen-bond acceptors (Lipinski definition) is 5. The molecular formula is C13H25N5. The molecule has 102 valence electrons. The first-order valence-electron chi connectivity index (χ1n) is 6.41. The van der Waals surface area contributed by atoms with Crippen LogP contribution in [0.15, 0.2) is 12.4 Å². The monoisotopic (exact) mass is 251 g/mol. The summed E-state index contributed by atoms with van der Waals surface area (Å²) in [5, 5.41) is 0. The van der Waals surface area contributed by atoms with Crippen LogP contribution >= 0.6 is 0 Å². The molecule has 0 aliphatic rings. The van der Waals surface area contributed by atoms with E-state index in [-0.39, 0.29) is 0 Å². The van der Waals surface area contributed by atoms with Crippen LogP contribution in [0.5, 0.6) is 0 Å². The second-order valence-electron chi connectivity index (χ2n) is 5.36. The van der Waals surface area contributed by atoms with Crippen molar-refractivity contribution < 1.29 is 0 Å². The van der Waals surface area contributed by atoms with Gasteiger partial charge in [0, 0.05) is 26.2 Å². The lowest BCUT2D eigenvalue weighted by Crippen LogP contribution is -2.34. The number of nitrogens with zero attached hydrogens (tertiary/aromatic N) is 4. The lowest BCUT2D eigenvalue weighted by Gasteiger charge is -2.25. The fraction of sp³-hybridized carbons (Fsp3) is 0.692. The second-order valence-corrected chi connectivity index (χ2v) is 5.36. The lowest BCUT2D eigenvalue weighted by molar-refractivity contribution is 0.209. The van der Waals surface area contributed by atoms with Crippen molar-refractivity contribution >= 4 is 5.82 Å². The van der Waals surface area contributed by atoms with Crippen LogP contribution < -0.4 is 5.73 Å². The molecule has 1 rings (SSSR count). The van der Waals surface area contributed by atoms with E-state index in [1.54, 1.807) is 12.4 Å². The molecule has 1 heterocycles. The molecule has 5 nitrogen and oxygen atoms in total. The number of likely N-dealkylation sites (N-methyl/N-ethyl adjacent to an activating group) is 1. The van der Waals surface area contributed by atoms with Crippen molar-refractivity contribution in [2.45, 2.75) is 20.4 Å². The summed E-state index contributed by atoms with van der Waals surface area (Å²) in [4.78, 5) is 13.0. The molecule has 0 amide bonds. The van der Waals surface area contributed by atoms with Gasteiger partial charge in [-0.3, -0.25) is 9.88 Å². The van der Waals surface area contributed by atoms with Crippen LogP contribution in [0.1, 0.15) is 19.5 Å². The summed E-state index contributed by atoms with van der Waals surface area (Å²) in [6.07, 6.45) is 3.38. The van der Waals surface area contributed by atoms with Crippen LogP contribution in [0.2, 0.25) is 0 Å². The van der Waals surface area contributed by atoms with Crippen LogP contribution in [0, 0.1) is 5.92 Å². The number of hydrogen-bond donors (Lipinski definition) is 1. The Kier molecular flexibility index (Phi) is 6.01. The Morgan fingerprint density at radius 3 is 2.39 bits per heavy atom. The highest BCUT2D eigenvalue weighted by Crippen LogP contribution is 2.05. The predicted molar refractivity (Wildman–Crippen MR) is 75.1 cm³/mol. The SMILES string of the molecule is CC(C)CN(CCN(C)C)Cc1cnc(N)cn1. The highest BCUT2D eigenvalue weighted by Gasteiger charge is 2.09. The normalized spacial score (nSPS) is 11.7. The van der Waals surface area contributed by atoms with Crippen molar-refractivity contribution in [3.05, 3.63) is 18.1 Å². The van der Waals surface area contributed by atoms with Crippen molar-refractivity contribution in [3.8, 4) is 0 Å². The number of aromatic nitrogens is 2. The Balaban J connectivity index is 2.56. The van der Waals surface area contributed by atoms with Crippen molar-refractivity contribution in [2.75, 3.05) is 39.5 Å². The first kappa shape index (κ1) is 14.9. The average Bonchev–Trinajstić information content (AvgIpc) is 2.28. The molecule has 0 radical (unpaired) electrons. The maximum absolute atomic E-state index is 5.54. The molecule has 2 N–H and O–H groups in total. The molecule has 1 aromatic heterocycles. The molecule has 1 aromatic rings. The Hall–Kier alpha value is -1.20. The minimum Gasteiger partial charge on any atom is -0.382 e. The Labute approximate surface area is 110 Å². The third-order valence-electron chi connectivity index (χ3n) is 2.60. The van der Waals surface area contributed by atoms with Gasteiger partial charge in [0.05, 0.1) is 18.1 Å². The molecular weight excluding hydrogens is 226 g/mol. The second kappa shape index (κ2) is 7.28. The Morgan fingerprint density at radius 1 is 1.17 bits per heavy atom. The summed E-state index contributed by atoms with van der Waals surface area (Å²) in [7, 11) is 4.19. The van der Waals surface area contributed by atoms with Crippen LogP contribution in [0.3, 0.4) is 0 Å². The van der Waals surface area contributed by atoms with Gasteiger partial charge in [0.2, 0.25) is 0 Å². The summed E-state index contributed by atoms with van der Waals surface area (Å²) in [5.41, 5.74) is 6.52. The van der Waals surface area contributed by atoms with Gasteiger partial charge in [-0.2, -0.15) is 0 Å². The van der Waals surface area contributed by atoms with Crippen LogP contribution in [-0.2, 0) is 6.54 Å². The molecule has 0 aromatic carbocycles. The Bertz CT molecular complexity index is 334.